The summed E-state index contributed by atoms with van der Waals surface area (Å²) in [7, 11) is 3.03. The molecule has 0 N–H and O–H groups in total. The molecule has 0 bridgehead atoms. The zero-order chi connectivity index (χ0) is 15.1. The predicted octanol–water partition coefficient (Wildman–Crippen LogP) is 2.01. The first-order valence-corrected chi connectivity index (χ1v) is 5.83. The summed E-state index contributed by atoms with van der Waals surface area (Å²) in [5.74, 6) is -2.61. The van der Waals surface area contributed by atoms with E-state index in [1.54, 1.807) is 30.3 Å². The van der Waals surface area contributed by atoms with Crippen LogP contribution in [0, 0.1) is 0 Å². The maximum absolute atomic E-state index is 12.4. The van der Waals surface area contributed by atoms with E-state index < -0.39 is 23.8 Å². The highest BCUT2D eigenvalue weighted by atomic mass is 19.3. The third-order valence-corrected chi connectivity index (χ3v) is 2.28. The highest BCUT2D eigenvalue weighted by Gasteiger charge is 2.27. The number of hydrogen-bond acceptors (Lipinski definition) is 4. The van der Waals surface area contributed by atoms with Gasteiger partial charge < -0.3 is 9.64 Å². The summed E-state index contributed by atoms with van der Waals surface area (Å²) >= 11 is 0. The number of rotatable bonds is 6. The molecule has 0 unspecified atom stereocenters. The molecular weight excluding hydrogens is 268 g/mol. The molecule has 0 aromatic heterocycles. The van der Waals surface area contributed by atoms with Crippen LogP contribution >= 0.6 is 0 Å². The monoisotopic (exact) mass is 283 g/mol. The Balaban J connectivity index is 2.77. The molecule has 0 spiro atoms. The fourth-order valence-corrected chi connectivity index (χ4v) is 1.39. The Morgan fingerprint density at radius 3 is 2.35 bits per heavy atom. The number of halogens is 2. The maximum Gasteiger partial charge on any atom is 0.343 e. The van der Waals surface area contributed by atoms with Gasteiger partial charge >= 0.3 is 12.4 Å². The van der Waals surface area contributed by atoms with Gasteiger partial charge in [-0.2, -0.15) is 0 Å². The van der Waals surface area contributed by atoms with Gasteiger partial charge in [0.05, 0.1) is 0 Å². The lowest BCUT2D eigenvalue weighted by Gasteiger charge is -2.11. The minimum Gasteiger partial charge on any atom is -0.457 e. The third-order valence-electron chi connectivity index (χ3n) is 2.28. The van der Waals surface area contributed by atoms with Crippen molar-refractivity contribution in [3.8, 4) is 0 Å². The molecule has 0 fully saturated rings. The first kappa shape index (κ1) is 15.8. The lowest BCUT2D eigenvalue weighted by atomic mass is 10.2. The number of carbonyl (C=O) groups is 2. The summed E-state index contributed by atoms with van der Waals surface area (Å²) in [6, 6.07) is 8.74. The minimum atomic E-state index is -3.24. The van der Waals surface area contributed by atoms with Crippen molar-refractivity contribution >= 4 is 11.8 Å². The quantitative estimate of drug-likeness (QED) is 0.347. The second-order valence-electron chi connectivity index (χ2n) is 4.23. The Labute approximate surface area is 115 Å². The van der Waals surface area contributed by atoms with E-state index in [9.17, 15) is 18.4 Å². The summed E-state index contributed by atoms with van der Waals surface area (Å²) < 4.78 is 29.7. The topological polar surface area (TPSA) is 46.6 Å². The van der Waals surface area contributed by atoms with Gasteiger partial charge in [-0.05, 0) is 5.56 Å². The summed E-state index contributed by atoms with van der Waals surface area (Å²) in [6.45, 7) is -0.0824. The van der Waals surface area contributed by atoms with Gasteiger partial charge in [0.25, 0.3) is 0 Å². The van der Waals surface area contributed by atoms with Crippen LogP contribution in [0.4, 0.5) is 8.78 Å². The second kappa shape index (κ2) is 7.37. The number of alkyl halides is 2. The van der Waals surface area contributed by atoms with E-state index in [-0.39, 0.29) is 6.61 Å². The molecule has 4 nitrogen and oxygen atoms in total. The first-order valence-electron chi connectivity index (χ1n) is 5.83. The largest absolute Gasteiger partial charge is 0.457 e. The Hall–Kier alpha value is -2.24. The molecule has 0 aliphatic rings. The molecule has 108 valence electrons. The average Bonchev–Trinajstić information content (AvgIpc) is 2.42. The van der Waals surface area contributed by atoms with Gasteiger partial charge in [0, 0.05) is 20.3 Å². The Morgan fingerprint density at radius 2 is 1.85 bits per heavy atom. The van der Waals surface area contributed by atoms with E-state index in [1.807, 2.05) is 0 Å². The molecule has 1 aromatic rings. The van der Waals surface area contributed by atoms with Gasteiger partial charge in [0.1, 0.15) is 12.2 Å². The second-order valence-corrected chi connectivity index (χ2v) is 4.23. The highest BCUT2D eigenvalue weighted by molar-refractivity contribution is 6.18. The molecular formula is C14H15F2NO3. The lowest BCUT2D eigenvalue weighted by molar-refractivity contribution is -0.143. The number of Topliss-reactive ketones (excluding diaryl/α,β-unsaturated/α-hetero) is 1. The van der Waals surface area contributed by atoms with Gasteiger partial charge in [-0.25, -0.2) is 13.6 Å². The van der Waals surface area contributed by atoms with Crippen LogP contribution in [0.25, 0.3) is 0 Å². The van der Waals surface area contributed by atoms with Gasteiger partial charge in [-0.3, -0.25) is 4.79 Å². The number of esters is 1. The van der Waals surface area contributed by atoms with Gasteiger partial charge in [0.2, 0.25) is 5.78 Å². The van der Waals surface area contributed by atoms with Crippen LogP contribution in [0.1, 0.15) is 5.56 Å². The predicted molar refractivity (Wildman–Crippen MR) is 69.0 cm³/mol. The molecule has 6 heteroatoms. The molecule has 1 rings (SSSR count). The number of hydrogen-bond donors (Lipinski definition) is 0. The van der Waals surface area contributed by atoms with E-state index in [0.717, 1.165) is 6.20 Å². The molecule has 0 atom stereocenters. The zero-order valence-electron chi connectivity index (χ0n) is 11.2. The summed E-state index contributed by atoms with van der Waals surface area (Å²) in [4.78, 5) is 24.3. The average molecular weight is 283 g/mol. The van der Waals surface area contributed by atoms with Crippen LogP contribution in [0.15, 0.2) is 42.1 Å². The normalized spacial score (nSPS) is 11.3. The number of ketones is 1. The molecule has 0 amide bonds. The Bertz CT molecular complexity index is 498. The fraction of sp³-hybridized carbons (Fsp3) is 0.286. The van der Waals surface area contributed by atoms with Gasteiger partial charge in [0.15, 0.2) is 0 Å². The van der Waals surface area contributed by atoms with E-state index in [2.05, 4.69) is 0 Å². The lowest BCUT2D eigenvalue weighted by Crippen LogP contribution is -2.23. The molecule has 0 saturated carbocycles. The molecule has 0 radical (unpaired) electrons. The van der Waals surface area contributed by atoms with Gasteiger partial charge in [-0.1, -0.05) is 30.3 Å². The minimum absolute atomic E-state index is 0.0824. The molecule has 20 heavy (non-hydrogen) atoms. The van der Waals surface area contributed by atoms with Crippen molar-refractivity contribution in [2.45, 2.75) is 13.0 Å². The van der Waals surface area contributed by atoms with Crippen LogP contribution in [-0.2, 0) is 20.9 Å². The van der Waals surface area contributed by atoms with Crippen molar-refractivity contribution in [3.63, 3.8) is 0 Å². The Morgan fingerprint density at radius 1 is 1.25 bits per heavy atom. The van der Waals surface area contributed by atoms with E-state index in [1.165, 1.54) is 19.0 Å². The molecule has 0 aliphatic heterocycles. The molecule has 1 aromatic carbocycles. The summed E-state index contributed by atoms with van der Waals surface area (Å²) in [5.41, 5.74) is 0.0375. The maximum atomic E-state index is 12.4. The first-order chi connectivity index (χ1) is 9.41. The van der Waals surface area contributed by atoms with Crippen molar-refractivity contribution in [1.29, 1.82) is 0 Å². The number of ether oxygens (including phenoxy) is 1. The third kappa shape index (κ3) is 4.79. The standard InChI is InChI=1S/C14H15F2NO3/c1-17(2)8-11(12(18)13(15)16)14(19)20-9-10-6-4-3-5-7-10/h3-8,13H,9H2,1-2H3/b11-8-. The molecule has 0 aliphatic carbocycles. The number of benzene rings is 1. The van der Waals surface area contributed by atoms with E-state index >= 15 is 0 Å². The van der Waals surface area contributed by atoms with E-state index in [0.29, 0.717) is 5.56 Å². The van der Waals surface area contributed by atoms with Crippen LogP contribution in [0.2, 0.25) is 0 Å². The van der Waals surface area contributed by atoms with Crippen molar-refractivity contribution in [2.24, 2.45) is 0 Å². The van der Waals surface area contributed by atoms with Crippen molar-refractivity contribution in [3.05, 3.63) is 47.7 Å². The van der Waals surface area contributed by atoms with E-state index in [4.69, 9.17) is 4.74 Å². The van der Waals surface area contributed by atoms with Crippen LogP contribution in [0.3, 0.4) is 0 Å². The summed E-state index contributed by atoms with van der Waals surface area (Å²) in [5, 5.41) is 0. The zero-order valence-corrected chi connectivity index (χ0v) is 11.2. The van der Waals surface area contributed by atoms with Gasteiger partial charge in [-0.15, -0.1) is 0 Å². The molecule has 0 heterocycles. The Kier molecular flexibility index (Phi) is 5.83. The molecule has 0 saturated heterocycles. The van der Waals surface area contributed by atoms with Crippen molar-refractivity contribution < 1.29 is 23.1 Å². The van der Waals surface area contributed by atoms with Crippen LogP contribution in [0.5, 0.6) is 0 Å². The number of nitrogens with zero attached hydrogens (tertiary/aromatic N) is 1. The van der Waals surface area contributed by atoms with Crippen molar-refractivity contribution in [1.82, 2.24) is 4.90 Å². The number of carbonyl (C=O) groups excluding carboxylic acids is 2. The van der Waals surface area contributed by atoms with Crippen LogP contribution in [-0.4, -0.2) is 37.2 Å². The highest BCUT2D eigenvalue weighted by Crippen LogP contribution is 2.10. The van der Waals surface area contributed by atoms with Crippen LogP contribution < -0.4 is 0 Å². The van der Waals surface area contributed by atoms with Crippen molar-refractivity contribution in [2.75, 3.05) is 14.1 Å². The smallest absolute Gasteiger partial charge is 0.343 e. The summed E-state index contributed by atoms with van der Waals surface area (Å²) in [6.07, 6.45) is -2.22. The fourth-order valence-electron chi connectivity index (χ4n) is 1.39. The SMILES string of the molecule is CN(C)/C=C(\C(=O)OCc1ccccc1)C(=O)C(F)F.